The van der Waals surface area contributed by atoms with Gasteiger partial charge in [-0.1, -0.05) is 24.3 Å². The van der Waals surface area contributed by atoms with E-state index < -0.39 is 0 Å². The molecule has 25 heavy (non-hydrogen) atoms. The van der Waals surface area contributed by atoms with E-state index in [0.717, 1.165) is 16.3 Å². The summed E-state index contributed by atoms with van der Waals surface area (Å²) in [4.78, 5) is 16.8. The van der Waals surface area contributed by atoms with Crippen LogP contribution in [0.1, 0.15) is 21.1 Å². The Morgan fingerprint density at radius 2 is 1.84 bits per heavy atom. The number of rotatable bonds is 6. The van der Waals surface area contributed by atoms with Gasteiger partial charge in [0, 0.05) is 11.8 Å². The van der Waals surface area contributed by atoms with Crippen molar-refractivity contribution in [2.75, 3.05) is 19.5 Å². The largest absolute Gasteiger partial charge is 0.497 e. The molecule has 1 amide bonds. The zero-order chi connectivity index (χ0) is 17.6. The quantitative estimate of drug-likeness (QED) is 0.727. The molecule has 3 rings (SSSR count). The van der Waals surface area contributed by atoms with E-state index in [1.54, 1.807) is 31.7 Å². The molecule has 1 heterocycles. The van der Waals surface area contributed by atoms with Crippen molar-refractivity contribution in [2.45, 2.75) is 6.42 Å². The van der Waals surface area contributed by atoms with E-state index in [1.165, 1.54) is 11.3 Å². The number of aromatic nitrogens is 1. The molecule has 0 unspecified atom stereocenters. The minimum Gasteiger partial charge on any atom is -0.497 e. The minimum atomic E-state index is -0.248. The molecule has 1 aromatic heterocycles. The van der Waals surface area contributed by atoms with Gasteiger partial charge in [-0.15, -0.1) is 11.3 Å². The van der Waals surface area contributed by atoms with Crippen molar-refractivity contribution in [1.82, 2.24) is 4.98 Å². The van der Waals surface area contributed by atoms with E-state index in [2.05, 4.69) is 10.3 Å². The number of hydrogen-bond donors (Lipinski definition) is 1. The first-order valence-corrected chi connectivity index (χ1v) is 8.59. The first kappa shape index (κ1) is 17.0. The van der Waals surface area contributed by atoms with Crippen molar-refractivity contribution in [2.24, 2.45) is 0 Å². The molecular formula is C19H18N2O3S. The number of anilines is 1. The van der Waals surface area contributed by atoms with E-state index in [0.29, 0.717) is 23.6 Å². The summed E-state index contributed by atoms with van der Waals surface area (Å²) in [6, 6.07) is 15.1. The van der Waals surface area contributed by atoms with Crippen molar-refractivity contribution >= 4 is 22.9 Å². The molecule has 0 radical (unpaired) electrons. The Kier molecular flexibility index (Phi) is 5.30. The normalized spacial score (nSPS) is 10.3. The average molecular weight is 354 g/mol. The van der Waals surface area contributed by atoms with Gasteiger partial charge in [-0.3, -0.25) is 4.79 Å². The molecule has 5 nitrogen and oxygen atoms in total. The van der Waals surface area contributed by atoms with Crippen LogP contribution < -0.4 is 14.8 Å². The standard InChI is InChI=1S/C19H18N2O3S/c1-23-14-9-7-13(8-10-14)11-18-20-16(12-25-18)19(22)21-15-5-3-4-6-17(15)24-2/h3-10,12H,11H2,1-2H3,(H,21,22). The average Bonchev–Trinajstić information content (AvgIpc) is 3.11. The topological polar surface area (TPSA) is 60.5 Å². The molecule has 3 aromatic rings. The maximum absolute atomic E-state index is 12.4. The van der Waals surface area contributed by atoms with Crippen LogP contribution in [0.3, 0.4) is 0 Å². The van der Waals surface area contributed by atoms with Gasteiger partial charge in [0.05, 0.1) is 24.9 Å². The van der Waals surface area contributed by atoms with Crippen LogP contribution in [0, 0.1) is 0 Å². The van der Waals surface area contributed by atoms with Crippen LogP contribution in [-0.4, -0.2) is 25.1 Å². The summed E-state index contributed by atoms with van der Waals surface area (Å²) in [7, 11) is 3.21. The van der Waals surface area contributed by atoms with E-state index in [4.69, 9.17) is 9.47 Å². The molecule has 0 fully saturated rings. The summed E-state index contributed by atoms with van der Waals surface area (Å²) in [6.07, 6.45) is 0.677. The SMILES string of the molecule is COc1ccc(Cc2nc(C(=O)Nc3ccccc3OC)cs2)cc1. The number of nitrogens with zero attached hydrogens (tertiary/aromatic N) is 1. The van der Waals surface area contributed by atoms with Crippen LogP contribution in [0.25, 0.3) is 0 Å². The van der Waals surface area contributed by atoms with Gasteiger partial charge in [-0.05, 0) is 29.8 Å². The number of amides is 1. The Morgan fingerprint density at radius 3 is 2.56 bits per heavy atom. The molecule has 1 N–H and O–H groups in total. The third-order valence-electron chi connectivity index (χ3n) is 3.65. The fraction of sp³-hybridized carbons (Fsp3) is 0.158. The van der Waals surface area contributed by atoms with Crippen molar-refractivity contribution in [3.8, 4) is 11.5 Å². The highest BCUT2D eigenvalue weighted by atomic mass is 32.1. The number of hydrogen-bond acceptors (Lipinski definition) is 5. The lowest BCUT2D eigenvalue weighted by Gasteiger charge is -2.08. The Morgan fingerprint density at radius 1 is 1.08 bits per heavy atom. The third kappa shape index (κ3) is 4.16. The van der Waals surface area contributed by atoms with E-state index in [9.17, 15) is 4.79 Å². The highest BCUT2D eigenvalue weighted by Crippen LogP contribution is 2.24. The van der Waals surface area contributed by atoms with Crippen LogP contribution in [0.4, 0.5) is 5.69 Å². The molecule has 0 bridgehead atoms. The maximum Gasteiger partial charge on any atom is 0.275 e. The number of ether oxygens (including phenoxy) is 2. The van der Waals surface area contributed by atoms with Crippen LogP contribution in [0.15, 0.2) is 53.9 Å². The third-order valence-corrected chi connectivity index (χ3v) is 4.50. The molecule has 6 heteroatoms. The second-order valence-electron chi connectivity index (χ2n) is 5.31. The molecule has 128 valence electrons. The second-order valence-corrected chi connectivity index (χ2v) is 6.25. The van der Waals surface area contributed by atoms with Gasteiger partial charge in [-0.25, -0.2) is 4.98 Å². The van der Waals surface area contributed by atoms with Crippen LogP contribution >= 0.6 is 11.3 Å². The monoisotopic (exact) mass is 354 g/mol. The highest BCUT2D eigenvalue weighted by molar-refractivity contribution is 7.09. The van der Waals surface area contributed by atoms with Crippen molar-refractivity contribution < 1.29 is 14.3 Å². The summed E-state index contributed by atoms with van der Waals surface area (Å²) >= 11 is 1.47. The van der Waals surface area contributed by atoms with Crippen LogP contribution in [0.5, 0.6) is 11.5 Å². The number of thiazole rings is 1. The maximum atomic E-state index is 12.4. The molecule has 0 atom stereocenters. The smallest absolute Gasteiger partial charge is 0.275 e. The summed E-state index contributed by atoms with van der Waals surface area (Å²) in [6.45, 7) is 0. The molecule has 0 aliphatic carbocycles. The molecule has 0 aliphatic heterocycles. The number of carbonyl (C=O) groups excluding carboxylic acids is 1. The second kappa shape index (κ2) is 7.81. The predicted octanol–water partition coefficient (Wildman–Crippen LogP) is 4.00. The number of carbonyl (C=O) groups is 1. The van der Waals surface area contributed by atoms with Crippen LogP contribution in [-0.2, 0) is 6.42 Å². The molecule has 0 aliphatic rings. The zero-order valence-electron chi connectivity index (χ0n) is 14.0. The van der Waals surface area contributed by atoms with Crippen molar-refractivity contribution in [3.63, 3.8) is 0 Å². The summed E-state index contributed by atoms with van der Waals surface area (Å²) in [5.74, 6) is 1.19. The number of benzene rings is 2. The molecule has 0 saturated carbocycles. The first-order valence-electron chi connectivity index (χ1n) is 7.71. The van der Waals surface area contributed by atoms with E-state index in [1.807, 2.05) is 36.4 Å². The van der Waals surface area contributed by atoms with Crippen molar-refractivity contribution in [3.05, 3.63) is 70.2 Å². The van der Waals surface area contributed by atoms with E-state index >= 15 is 0 Å². The summed E-state index contributed by atoms with van der Waals surface area (Å²) in [5, 5.41) is 5.49. The van der Waals surface area contributed by atoms with Gasteiger partial charge in [0.25, 0.3) is 5.91 Å². The molecular weight excluding hydrogens is 336 g/mol. The van der Waals surface area contributed by atoms with Gasteiger partial charge in [-0.2, -0.15) is 0 Å². The van der Waals surface area contributed by atoms with E-state index in [-0.39, 0.29) is 5.91 Å². The Hall–Kier alpha value is -2.86. The summed E-state index contributed by atoms with van der Waals surface area (Å²) < 4.78 is 10.4. The summed E-state index contributed by atoms with van der Waals surface area (Å²) in [5.41, 5.74) is 2.14. The van der Waals surface area contributed by atoms with Crippen molar-refractivity contribution in [1.29, 1.82) is 0 Å². The molecule has 0 spiro atoms. The van der Waals surface area contributed by atoms with Gasteiger partial charge >= 0.3 is 0 Å². The lowest BCUT2D eigenvalue weighted by atomic mass is 10.1. The van der Waals surface area contributed by atoms with Gasteiger partial charge < -0.3 is 14.8 Å². The van der Waals surface area contributed by atoms with Crippen LogP contribution in [0.2, 0.25) is 0 Å². The Bertz CT molecular complexity index is 859. The lowest BCUT2D eigenvalue weighted by molar-refractivity contribution is 0.102. The first-order chi connectivity index (χ1) is 12.2. The zero-order valence-corrected chi connectivity index (χ0v) is 14.8. The number of nitrogens with one attached hydrogen (secondary N) is 1. The minimum absolute atomic E-state index is 0.248. The molecule has 0 saturated heterocycles. The Balaban J connectivity index is 1.68. The lowest BCUT2D eigenvalue weighted by Crippen LogP contribution is -2.13. The number of methoxy groups -OCH3 is 2. The van der Waals surface area contributed by atoms with Gasteiger partial charge in [0.1, 0.15) is 17.2 Å². The predicted molar refractivity (Wildman–Crippen MR) is 98.9 cm³/mol. The highest BCUT2D eigenvalue weighted by Gasteiger charge is 2.13. The fourth-order valence-corrected chi connectivity index (χ4v) is 3.16. The van der Waals surface area contributed by atoms with Gasteiger partial charge in [0.15, 0.2) is 0 Å². The molecule has 2 aromatic carbocycles. The fourth-order valence-electron chi connectivity index (χ4n) is 2.35. The Labute approximate surface area is 150 Å². The van der Waals surface area contributed by atoms with Gasteiger partial charge in [0.2, 0.25) is 0 Å². The number of para-hydroxylation sites is 2.